The van der Waals surface area contributed by atoms with Crippen LogP contribution in [0.5, 0.6) is 0 Å². The highest BCUT2D eigenvalue weighted by atomic mass is 79.9. The van der Waals surface area contributed by atoms with E-state index < -0.39 is 0 Å². The summed E-state index contributed by atoms with van der Waals surface area (Å²) in [6.45, 7) is 5.74. The van der Waals surface area contributed by atoms with E-state index in [9.17, 15) is 0 Å². The molecule has 3 atom stereocenters. The highest BCUT2D eigenvalue weighted by Crippen LogP contribution is 2.41. The second-order valence-electron chi connectivity index (χ2n) is 5.27. The van der Waals surface area contributed by atoms with Crippen molar-refractivity contribution in [1.29, 1.82) is 0 Å². The summed E-state index contributed by atoms with van der Waals surface area (Å²) in [6, 6.07) is 9.37. The van der Waals surface area contributed by atoms with Crippen LogP contribution in [-0.4, -0.2) is 12.6 Å². The average Bonchev–Trinajstić information content (AvgIpc) is 3.02. The predicted octanol–water partition coefficient (Wildman–Crippen LogP) is 4.02. The van der Waals surface area contributed by atoms with E-state index >= 15 is 0 Å². The van der Waals surface area contributed by atoms with Gasteiger partial charge in [-0.15, -0.1) is 0 Å². The van der Waals surface area contributed by atoms with Gasteiger partial charge in [0.15, 0.2) is 0 Å². The fourth-order valence-electron chi connectivity index (χ4n) is 2.53. The van der Waals surface area contributed by atoms with Crippen LogP contribution in [0.3, 0.4) is 0 Å². The predicted molar refractivity (Wildman–Crippen MR) is 77.2 cm³/mol. The molecule has 0 heterocycles. The van der Waals surface area contributed by atoms with Gasteiger partial charge < -0.3 is 5.32 Å². The van der Waals surface area contributed by atoms with Gasteiger partial charge in [0.05, 0.1) is 0 Å². The van der Waals surface area contributed by atoms with Crippen molar-refractivity contribution in [2.75, 3.05) is 6.54 Å². The molecule has 1 saturated carbocycles. The fourth-order valence-corrected chi connectivity index (χ4v) is 2.98. The first-order valence-electron chi connectivity index (χ1n) is 6.68. The van der Waals surface area contributed by atoms with Crippen molar-refractivity contribution >= 4 is 15.9 Å². The lowest BCUT2D eigenvalue weighted by Crippen LogP contribution is -2.34. The van der Waals surface area contributed by atoms with Crippen molar-refractivity contribution in [2.24, 2.45) is 11.8 Å². The van der Waals surface area contributed by atoms with Gasteiger partial charge >= 0.3 is 0 Å². The number of hydrogen-bond acceptors (Lipinski definition) is 1. The molecule has 2 rings (SSSR count). The van der Waals surface area contributed by atoms with Gasteiger partial charge in [-0.25, -0.2) is 0 Å². The quantitative estimate of drug-likeness (QED) is 0.836. The Hall–Kier alpha value is -0.340. The van der Waals surface area contributed by atoms with Gasteiger partial charge in [-0.05, 0) is 55.3 Å². The van der Waals surface area contributed by atoms with E-state index in [4.69, 9.17) is 0 Å². The second-order valence-corrected chi connectivity index (χ2v) is 6.19. The summed E-state index contributed by atoms with van der Waals surface area (Å²) in [4.78, 5) is 0. The van der Waals surface area contributed by atoms with Crippen molar-refractivity contribution in [3.8, 4) is 0 Å². The first-order chi connectivity index (χ1) is 8.20. The molecule has 0 bridgehead atoms. The van der Waals surface area contributed by atoms with Crippen molar-refractivity contribution in [3.05, 3.63) is 34.3 Å². The van der Waals surface area contributed by atoms with Crippen LogP contribution in [0.25, 0.3) is 0 Å². The summed E-state index contributed by atoms with van der Waals surface area (Å²) in [5.74, 6) is 1.80. The molecule has 3 unspecified atom stereocenters. The molecule has 0 aromatic heterocycles. The molecule has 1 aromatic carbocycles. The van der Waals surface area contributed by atoms with Crippen LogP contribution >= 0.6 is 15.9 Å². The van der Waals surface area contributed by atoms with E-state index in [2.05, 4.69) is 59.4 Å². The van der Waals surface area contributed by atoms with E-state index in [-0.39, 0.29) is 0 Å². The Bertz CT molecular complexity index is 364. The summed E-state index contributed by atoms with van der Waals surface area (Å²) in [7, 11) is 0. The van der Waals surface area contributed by atoms with Gasteiger partial charge in [-0.3, -0.25) is 0 Å². The Kier molecular flexibility index (Phi) is 4.63. The molecule has 1 fully saturated rings. The van der Waals surface area contributed by atoms with Gasteiger partial charge in [0.25, 0.3) is 0 Å². The Labute approximate surface area is 113 Å². The molecule has 94 valence electrons. The van der Waals surface area contributed by atoms with Crippen molar-refractivity contribution in [2.45, 2.75) is 39.2 Å². The van der Waals surface area contributed by atoms with Crippen LogP contribution in [0, 0.1) is 11.8 Å². The third-order valence-corrected chi connectivity index (χ3v) is 4.18. The zero-order valence-electron chi connectivity index (χ0n) is 10.7. The van der Waals surface area contributed by atoms with Gasteiger partial charge in [0.2, 0.25) is 0 Å². The second kappa shape index (κ2) is 6.01. The van der Waals surface area contributed by atoms with Crippen LogP contribution in [0.15, 0.2) is 28.7 Å². The number of rotatable bonds is 6. The molecule has 1 aliphatic rings. The van der Waals surface area contributed by atoms with Crippen LogP contribution in [0.2, 0.25) is 0 Å². The topological polar surface area (TPSA) is 12.0 Å². The molecule has 1 aliphatic carbocycles. The molecule has 1 aromatic rings. The Morgan fingerprint density at radius 2 is 2.24 bits per heavy atom. The van der Waals surface area contributed by atoms with E-state index in [1.54, 1.807) is 0 Å². The lowest BCUT2D eigenvalue weighted by Gasteiger charge is -2.18. The summed E-state index contributed by atoms with van der Waals surface area (Å²) >= 11 is 3.55. The standard InChI is InChI=1S/C15H22BrN/c1-3-7-17-15(14-8-11(14)2)10-12-5-4-6-13(16)9-12/h4-6,9,11,14-15,17H,3,7-8,10H2,1-2H3. The van der Waals surface area contributed by atoms with Gasteiger partial charge in [-0.2, -0.15) is 0 Å². The van der Waals surface area contributed by atoms with Crippen molar-refractivity contribution in [1.82, 2.24) is 5.32 Å². The lowest BCUT2D eigenvalue weighted by molar-refractivity contribution is 0.443. The van der Waals surface area contributed by atoms with Crippen LogP contribution in [0.1, 0.15) is 32.3 Å². The van der Waals surface area contributed by atoms with E-state index in [0.717, 1.165) is 24.8 Å². The normalized spacial score (nSPS) is 24.6. The number of hydrogen-bond donors (Lipinski definition) is 1. The molecular formula is C15H22BrN. The average molecular weight is 296 g/mol. The van der Waals surface area contributed by atoms with E-state index in [1.807, 2.05) is 0 Å². The number of halogens is 1. The summed E-state index contributed by atoms with van der Waals surface area (Å²) in [6.07, 6.45) is 3.78. The van der Waals surface area contributed by atoms with Crippen LogP contribution < -0.4 is 5.32 Å². The molecule has 0 amide bonds. The monoisotopic (exact) mass is 295 g/mol. The Morgan fingerprint density at radius 3 is 2.82 bits per heavy atom. The van der Waals surface area contributed by atoms with Gasteiger partial charge in [0, 0.05) is 10.5 Å². The first-order valence-corrected chi connectivity index (χ1v) is 7.47. The molecule has 0 aliphatic heterocycles. The molecule has 0 saturated heterocycles. The highest BCUT2D eigenvalue weighted by molar-refractivity contribution is 9.10. The van der Waals surface area contributed by atoms with Gasteiger partial charge in [-0.1, -0.05) is 41.9 Å². The summed E-state index contributed by atoms with van der Waals surface area (Å²) < 4.78 is 1.19. The number of benzene rings is 1. The third-order valence-electron chi connectivity index (χ3n) is 3.69. The molecule has 0 spiro atoms. The van der Waals surface area contributed by atoms with Crippen molar-refractivity contribution in [3.63, 3.8) is 0 Å². The van der Waals surface area contributed by atoms with Crippen LogP contribution in [-0.2, 0) is 6.42 Å². The zero-order chi connectivity index (χ0) is 12.3. The molecule has 17 heavy (non-hydrogen) atoms. The largest absolute Gasteiger partial charge is 0.313 e. The molecule has 1 N–H and O–H groups in total. The minimum absolute atomic E-state index is 0.666. The van der Waals surface area contributed by atoms with Crippen LogP contribution in [0.4, 0.5) is 0 Å². The SMILES string of the molecule is CCCNC(Cc1cccc(Br)c1)C1CC1C. The Balaban J connectivity index is 1.96. The first kappa shape index (κ1) is 13.1. The highest BCUT2D eigenvalue weighted by Gasteiger charge is 2.38. The smallest absolute Gasteiger partial charge is 0.0178 e. The van der Waals surface area contributed by atoms with Crippen molar-refractivity contribution < 1.29 is 0 Å². The summed E-state index contributed by atoms with van der Waals surface area (Å²) in [5, 5.41) is 3.71. The fraction of sp³-hybridized carbons (Fsp3) is 0.600. The van der Waals surface area contributed by atoms with E-state index in [0.29, 0.717) is 6.04 Å². The maximum atomic E-state index is 3.71. The van der Waals surface area contributed by atoms with E-state index in [1.165, 1.54) is 22.9 Å². The Morgan fingerprint density at radius 1 is 1.47 bits per heavy atom. The number of nitrogens with one attached hydrogen (secondary N) is 1. The molecule has 0 radical (unpaired) electrons. The maximum Gasteiger partial charge on any atom is 0.0178 e. The van der Waals surface area contributed by atoms with Gasteiger partial charge in [0.1, 0.15) is 0 Å². The maximum absolute atomic E-state index is 3.71. The molecule has 1 nitrogen and oxygen atoms in total. The third kappa shape index (κ3) is 3.82. The minimum atomic E-state index is 0.666. The zero-order valence-corrected chi connectivity index (χ0v) is 12.3. The lowest BCUT2D eigenvalue weighted by atomic mass is 10.0. The minimum Gasteiger partial charge on any atom is -0.313 e. The summed E-state index contributed by atoms with van der Waals surface area (Å²) in [5.41, 5.74) is 1.44. The molecular weight excluding hydrogens is 274 g/mol. The molecule has 2 heteroatoms.